The molecule has 2 aromatic rings. The zero-order valence-electron chi connectivity index (χ0n) is 7.74. The number of hydrogen-bond acceptors (Lipinski definition) is 6. The largest absolute Gasteiger partial charge is 0.392 e. The number of hydrogen-bond donors (Lipinski definition) is 1. The summed E-state index contributed by atoms with van der Waals surface area (Å²) in [6, 6.07) is 1.79. The number of aromatic nitrogens is 4. The zero-order chi connectivity index (χ0) is 10.5. The van der Waals surface area contributed by atoms with Crippen LogP contribution in [0.3, 0.4) is 0 Å². The van der Waals surface area contributed by atoms with E-state index in [1.165, 1.54) is 18.1 Å². The second kappa shape index (κ2) is 4.81. The zero-order valence-corrected chi connectivity index (χ0v) is 8.55. The Morgan fingerprint density at radius 3 is 2.60 bits per heavy atom. The molecule has 0 aliphatic carbocycles. The molecule has 0 fully saturated rings. The van der Waals surface area contributed by atoms with Crippen molar-refractivity contribution in [1.82, 2.24) is 19.9 Å². The number of rotatable bonds is 3. The predicted octanol–water partition coefficient (Wildman–Crippen LogP) is 0.910. The summed E-state index contributed by atoms with van der Waals surface area (Å²) in [5.74, 6) is 0. The van der Waals surface area contributed by atoms with Gasteiger partial charge in [0, 0.05) is 24.2 Å². The number of aliphatic hydroxyl groups is 1. The molecule has 0 aliphatic heterocycles. The second-order valence-corrected chi connectivity index (χ2v) is 3.67. The van der Waals surface area contributed by atoms with Crippen molar-refractivity contribution in [3.05, 3.63) is 36.5 Å². The first-order valence-corrected chi connectivity index (χ1v) is 5.06. The smallest absolute Gasteiger partial charge is 0.193 e. The molecule has 0 atom stereocenters. The Bertz CT molecular complexity index is 420. The van der Waals surface area contributed by atoms with E-state index in [0.29, 0.717) is 10.7 Å². The molecule has 0 spiro atoms. The van der Waals surface area contributed by atoms with Gasteiger partial charge in [-0.25, -0.2) is 19.9 Å². The lowest BCUT2D eigenvalue weighted by atomic mass is 10.4. The molecular formula is C9H8N4OS. The molecule has 2 rings (SSSR count). The van der Waals surface area contributed by atoms with E-state index in [0.717, 1.165) is 5.03 Å². The van der Waals surface area contributed by atoms with Crippen molar-refractivity contribution in [1.29, 1.82) is 0 Å². The van der Waals surface area contributed by atoms with Crippen LogP contribution in [0, 0.1) is 0 Å². The van der Waals surface area contributed by atoms with Crippen LogP contribution < -0.4 is 0 Å². The van der Waals surface area contributed by atoms with Gasteiger partial charge in [0.05, 0.1) is 6.61 Å². The van der Waals surface area contributed by atoms with E-state index in [-0.39, 0.29) is 6.61 Å². The van der Waals surface area contributed by atoms with Crippen molar-refractivity contribution in [2.45, 2.75) is 16.8 Å². The highest BCUT2D eigenvalue weighted by atomic mass is 32.2. The molecule has 2 aromatic heterocycles. The molecule has 2 heterocycles. The van der Waals surface area contributed by atoms with Gasteiger partial charge in [-0.15, -0.1) is 0 Å². The molecule has 0 saturated heterocycles. The third kappa shape index (κ3) is 2.71. The molecule has 1 N–H and O–H groups in total. The fraction of sp³-hybridized carbons (Fsp3) is 0.111. The minimum atomic E-state index is -0.0432. The molecule has 0 bridgehead atoms. The first kappa shape index (κ1) is 10.0. The van der Waals surface area contributed by atoms with Crippen molar-refractivity contribution < 1.29 is 5.11 Å². The maximum absolute atomic E-state index is 8.81. The third-order valence-electron chi connectivity index (χ3n) is 1.61. The highest BCUT2D eigenvalue weighted by molar-refractivity contribution is 7.99. The Hall–Kier alpha value is -1.53. The Balaban J connectivity index is 2.11. The maximum Gasteiger partial charge on any atom is 0.193 e. The van der Waals surface area contributed by atoms with E-state index in [1.807, 2.05) is 0 Å². The minimum absolute atomic E-state index is 0.0432. The second-order valence-electron chi connectivity index (χ2n) is 2.68. The molecule has 15 heavy (non-hydrogen) atoms. The maximum atomic E-state index is 8.81. The van der Waals surface area contributed by atoms with Crippen molar-refractivity contribution in [3.8, 4) is 0 Å². The van der Waals surface area contributed by atoms with Gasteiger partial charge in [-0.2, -0.15) is 0 Å². The van der Waals surface area contributed by atoms with Gasteiger partial charge in [-0.1, -0.05) is 0 Å². The quantitative estimate of drug-likeness (QED) is 0.612. The first-order chi connectivity index (χ1) is 7.38. The minimum Gasteiger partial charge on any atom is -0.392 e. The molecule has 0 saturated carbocycles. The standard InChI is InChI=1S/C9H8N4OS/c14-5-7-3-11-9(12-4-7)15-8-1-2-10-6-13-8/h1-4,6,14H,5H2. The van der Waals surface area contributed by atoms with Crippen molar-refractivity contribution >= 4 is 11.8 Å². The van der Waals surface area contributed by atoms with E-state index >= 15 is 0 Å². The Kier molecular flexibility index (Phi) is 3.21. The number of nitrogens with zero attached hydrogens (tertiary/aromatic N) is 4. The molecule has 0 aromatic carbocycles. The van der Waals surface area contributed by atoms with Gasteiger partial charge >= 0.3 is 0 Å². The monoisotopic (exact) mass is 220 g/mol. The van der Waals surface area contributed by atoms with Gasteiger partial charge in [0.2, 0.25) is 0 Å². The summed E-state index contributed by atoms with van der Waals surface area (Å²) < 4.78 is 0. The molecular weight excluding hydrogens is 212 g/mol. The highest BCUT2D eigenvalue weighted by Crippen LogP contribution is 2.20. The Morgan fingerprint density at radius 1 is 1.20 bits per heavy atom. The van der Waals surface area contributed by atoms with Crippen LogP contribution >= 0.6 is 11.8 Å². The van der Waals surface area contributed by atoms with Gasteiger partial charge < -0.3 is 5.11 Å². The average molecular weight is 220 g/mol. The summed E-state index contributed by atoms with van der Waals surface area (Å²) in [7, 11) is 0. The fourth-order valence-corrected chi connectivity index (χ4v) is 1.54. The summed E-state index contributed by atoms with van der Waals surface area (Å²) in [6.45, 7) is -0.0432. The van der Waals surface area contributed by atoms with Crippen LogP contribution in [0.25, 0.3) is 0 Å². The van der Waals surface area contributed by atoms with Crippen LogP contribution in [-0.4, -0.2) is 25.0 Å². The van der Waals surface area contributed by atoms with Crippen molar-refractivity contribution in [2.75, 3.05) is 0 Å². The topological polar surface area (TPSA) is 71.8 Å². The van der Waals surface area contributed by atoms with Crippen LogP contribution in [0.2, 0.25) is 0 Å². The average Bonchev–Trinajstić information content (AvgIpc) is 2.31. The van der Waals surface area contributed by atoms with Gasteiger partial charge in [0.15, 0.2) is 5.16 Å². The van der Waals surface area contributed by atoms with E-state index in [1.54, 1.807) is 24.7 Å². The van der Waals surface area contributed by atoms with Crippen LogP contribution in [0.4, 0.5) is 0 Å². The van der Waals surface area contributed by atoms with Crippen LogP contribution in [0.5, 0.6) is 0 Å². The normalized spacial score (nSPS) is 10.2. The van der Waals surface area contributed by atoms with Gasteiger partial charge in [0.25, 0.3) is 0 Å². The predicted molar refractivity (Wildman–Crippen MR) is 54.1 cm³/mol. The van der Waals surface area contributed by atoms with E-state index in [9.17, 15) is 0 Å². The third-order valence-corrected chi connectivity index (χ3v) is 2.46. The molecule has 5 nitrogen and oxygen atoms in total. The lowest BCUT2D eigenvalue weighted by Crippen LogP contribution is -1.91. The SMILES string of the molecule is OCc1cnc(Sc2ccncn2)nc1. The molecule has 0 amide bonds. The lowest BCUT2D eigenvalue weighted by molar-refractivity contribution is 0.280. The van der Waals surface area contributed by atoms with E-state index < -0.39 is 0 Å². The summed E-state index contributed by atoms with van der Waals surface area (Å²) in [4.78, 5) is 16.0. The van der Waals surface area contributed by atoms with Crippen LogP contribution in [0.15, 0.2) is 41.2 Å². The molecule has 6 heteroatoms. The summed E-state index contributed by atoms with van der Waals surface area (Å²) in [6.07, 6.45) is 6.33. The summed E-state index contributed by atoms with van der Waals surface area (Å²) in [5.41, 5.74) is 0.696. The van der Waals surface area contributed by atoms with Gasteiger partial charge in [-0.3, -0.25) is 0 Å². The van der Waals surface area contributed by atoms with E-state index in [4.69, 9.17) is 5.11 Å². The summed E-state index contributed by atoms with van der Waals surface area (Å²) in [5, 5.41) is 10.2. The number of aliphatic hydroxyl groups excluding tert-OH is 1. The highest BCUT2D eigenvalue weighted by Gasteiger charge is 2.00. The van der Waals surface area contributed by atoms with E-state index in [2.05, 4.69) is 19.9 Å². The van der Waals surface area contributed by atoms with Gasteiger partial charge in [-0.05, 0) is 17.8 Å². The molecule has 0 unspecified atom stereocenters. The molecule has 0 aliphatic rings. The van der Waals surface area contributed by atoms with Crippen LogP contribution in [0.1, 0.15) is 5.56 Å². The van der Waals surface area contributed by atoms with Crippen LogP contribution in [-0.2, 0) is 6.61 Å². The lowest BCUT2D eigenvalue weighted by Gasteiger charge is -1.98. The Labute approximate surface area is 90.6 Å². The molecule has 76 valence electrons. The van der Waals surface area contributed by atoms with Crippen molar-refractivity contribution in [3.63, 3.8) is 0 Å². The molecule has 0 radical (unpaired) electrons. The van der Waals surface area contributed by atoms with Crippen molar-refractivity contribution in [2.24, 2.45) is 0 Å². The fourth-order valence-electron chi connectivity index (χ4n) is 0.910. The summed E-state index contributed by atoms with van der Waals surface area (Å²) >= 11 is 1.35. The first-order valence-electron chi connectivity index (χ1n) is 4.24. The Morgan fingerprint density at radius 2 is 2.00 bits per heavy atom. The van der Waals surface area contributed by atoms with Gasteiger partial charge in [0.1, 0.15) is 11.4 Å².